The Morgan fingerprint density at radius 3 is 0.521 bits per heavy atom. The quantitative estimate of drug-likeness (QED) is 0.0291. The molecular weight excluding hydrogens is 1760 g/mol. The number of hydrogen-bond acceptors (Lipinski definition) is 6. The number of benzene rings is 4. The Hall–Kier alpha value is -7.48. The standard InChI is InChI=1S/C132H214N8O4/c1-25-37-81-137(82-38-26-2,83-39-27-3)93-57-49-53-61-97-141-121-101-105(65-69-109(121)129(13,14)15)125-113-73-75-115(133-113)126(106-66-70-110(130(16,17)18)122(102-106)142-98-62-54-50-58-94-138(84-40-28-4,85-41-29-5)86-42-30-6)117-77-79-119(135-117)128(108-68-72-112(132(22,23)24)124(104-108)144-100-64-56-52-60-96-140(90-46-34-10,91-47-35-11)92-48-36-12)120-80-78-118(136-120)127(116-76-74-114(125)134-116)107-67-71-111(131(19,20)21)123(103-107)143-99-63-55-51-59-95-139(87-43-31-7,88-44-32-8)89-45-33-9/h65-80,101-104,133,136H,25-64,81-100H2,1-24H3/q+4. The van der Waals surface area contributed by atoms with Crippen molar-refractivity contribution in [2.75, 3.05) is 131 Å². The molecule has 0 amide bonds. The number of quaternary nitrogens is 4. The zero-order valence-corrected chi connectivity index (χ0v) is 97.3. The average Bonchev–Trinajstić information content (AvgIpc) is 1.60. The molecule has 2 N–H and O–H groups in total. The third-order valence-corrected chi connectivity index (χ3v) is 32.0. The number of unbranched alkanes of at least 4 members (excludes halogenated alkanes) is 24. The Kier molecular flexibility index (Phi) is 50.8. The fourth-order valence-electron chi connectivity index (χ4n) is 23.0. The summed E-state index contributed by atoms with van der Waals surface area (Å²) in [6.07, 6.45) is 58.6. The van der Waals surface area contributed by atoms with Gasteiger partial charge in [-0.3, -0.25) is 0 Å². The van der Waals surface area contributed by atoms with E-state index >= 15 is 0 Å². The first-order valence-corrected chi connectivity index (χ1v) is 60.0. The van der Waals surface area contributed by atoms with Crippen LogP contribution in [0.1, 0.15) is 468 Å². The molecule has 7 aromatic rings. The van der Waals surface area contributed by atoms with Crippen LogP contribution in [0.15, 0.2) is 97.1 Å². The van der Waals surface area contributed by atoms with Crippen LogP contribution in [0.5, 0.6) is 23.0 Å². The third-order valence-electron chi connectivity index (χ3n) is 32.0. The number of H-pyrrole nitrogens is 2. The molecule has 8 bridgehead atoms. The molecule has 0 atom stereocenters. The molecule has 5 heterocycles. The van der Waals surface area contributed by atoms with E-state index in [-0.39, 0.29) is 21.7 Å². The highest BCUT2D eigenvalue weighted by molar-refractivity contribution is 6.00. The second-order valence-electron chi connectivity index (χ2n) is 48.6. The Bertz CT molecular complexity index is 4410. The fourth-order valence-corrected chi connectivity index (χ4v) is 23.0. The average molecular weight is 1980 g/mol. The molecule has 0 aliphatic carbocycles. The topological polar surface area (TPSA) is 94.3 Å². The maximum atomic E-state index is 7.27. The SMILES string of the molecule is CCCC[N+](CCCC)(CCCC)CCCCCCOc1cc(-c2c3nc(c(-c4ccc(C(C)(C)C)c(OCCCCCC[N+](CCCC)(CCCC)CCCC)c4)c4ccc([nH]4)c(-c4ccc(C(C)(C)C)c(OCCCCCC[N+](CCCC)(CCCC)CCCC)c4)c4nc(c(-c5ccc(C(C)(C)C)c(OCCCCCC[N+](CCCC)(CCCC)CCCC)c5)c5ccc2[nH]5)C=C4)C=C3)ccc1C(C)(C)C. The number of aromatic amines is 2. The summed E-state index contributed by atoms with van der Waals surface area (Å²) in [6, 6.07) is 37.3. The van der Waals surface area contributed by atoms with Gasteiger partial charge in [-0.2, -0.15) is 0 Å². The van der Waals surface area contributed by atoms with E-state index in [1.54, 1.807) is 0 Å². The van der Waals surface area contributed by atoms with Gasteiger partial charge < -0.3 is 46.8 Å². The first-order valence-electron chi connectivity index (χ1n) is 60.0. The van der Waals surface area contributed by atoms with Crippen molar-refractivity contribution in [1.82, 2.24) is 19.9 Å². The number of hydrogen-bond donors (Lipinski definition) is 2. The Morgan fingerprint density at radius 1 is 0.201 bits per heavy atom. The minimum Gasteiger partial charge on any atom is -0.493 e. The summed E-state index contributed by atoms with van der Waals surface area (Å²) >= 11 is 0. The predicted octanol–water partition coefficient (Wildman–Crippen LogP) is 37.1. The van der Waals surface area contributed by atoms with Crippen molar-refractivity contribution >= 4 is 46.4 Å². The summed E-state index contributed by atoms with van der Waals surface area (Å²) in [7, 11) is 0. The van der Waals surface area contributed by atoms with E-state index in [4.69, 9.17) is 28.9 Å². The van der Waals surface area contributed by atoms with Gasteiger partial charge in [-0.1, -0.05) is 292 Å². The van der Waals surface area contributed by atoms with Crippen LogP contribution in [-0.4, -0.2) is 169 Å². The van der Waals surface area contributed by atoms with E-state index in [0.717, 1.165) is 164 Å². The van der Waals surface area contributed by atoms with Crippen molar-refractivity contribution in [3.05, 3.63) is 142 Å². The number of nitrogens with zero attached hydrogens (tertiary/aromatic N) is 6. The Labute approximate surface area is 882 Å². The lowest BCUT2D eigenvalue weighted by atomic mass is 9.85. The molecule has 0 saturated heterocycles. The van der Waals surface area contributed by atoms with E-state index in [1.807, 2.05) is 0 Å². The molecule has 144 heavy (non-hydrogen) atoms. The molecule has 802 valence electrons. The summed E-state index contributed by atoms with van der Waals surface area (Å²) in [5.41, 5.74) is 19.5. The molecule has 3 aromatic heterocycles. The molecule has 0 spiro atoms. The van der Waals surface area contributed by atoms with Crippen LogP contribution in [0.25, 0.3) is 90.9 Å². The molecule has 4 aromatic carbocycles. The molecule has 0 unspecified atom stereocenters. The summed E-state index contributed by atoms with van der Waals surface area (Å²) in [6.45, 7) is 80.0. The maximum Gasteiger partial charge on any atom is 0.123 e. The number of rotatable bonds is 72. The third kappa shape index (κ3) is 36.4. The zero-order chi connectivity index (χ0) is 104. The van der Waals surface area contributed by atoms with E-state index in [1.165, 1.54) is 350 Å². The minimum atomic E-state index is -0.193. The molecule has 0 fully saturated rings. The Morgan fingerprint density at radius 2 is 0.361 bits per heavy atom. The lowest BCUT2D eigenvalue weighted by molar-refractivity contribution is -0.929. The largest absolute Gasteiger partial charge is 0.493 e. The van der Waals surface area contributed by atoms with Gasteiger partial charge in [0.05, 0.1) is 154 Å². The van der Waals surface area contributed by atoms with Gasteiger partial charge in [0.2, 0.25) is 0 Å². The van der Waals surface area contributed by atoms with Gasteiger partial charge in [-0.15, -0.1) is 0 Å². The molecule has 9 rings (SSSR count). The monoisotopic (exact) mass is 1980 g/mol. The maximum absolute atomic E-state index is 7.27. The summed E-state index contributed by atoms with van der Waals surface area (Å²) in [5.74, 6) is 3.73. The molecule has 2 aliphatic rings. The second-order valence-corrected chi connectivity index (χ2v) is 48.6. The highest BCUT2D eigenvalue weighted by Gasteiger charge is 2.34. The predicted molar refractivity (Wildman–Crippen MR) is 629 cm³/mol. The van der Waals surface area contributed by atoms with Gasteiger partial charge in [-0.05, 0) is 319 Å². The number of fused-ring (bicyclic) bond motifs is 8. The van der Waals surface area contributed by atoms with Gasteiger partial charge in [0.15, 0.2) is 0 Å². The van der Waals surface area contributed by atoms with Crippen LogP contribution in [0.3, 0.4) is 0 Å². The smallest absolute Gasteiger partial charge is 0.123 e. The highest BCUT2D eigenvalue weighted by atomic mass is 16.5. The molecular formula is C132H214N8O4+4. The van der Waals surface area contributed by atoms with Crippen LogP contribution < -0.4 is 18.9 Å². The van der Waals surface area contributed by atoms with Gasteiger partial charge >= 0.3 is 0 Å². The van der Waals surface area contributed by atoms with Crippen molar-refractivity contribution in [3.8, 4) is 67.5 Å². The van der Waals surface area contributed by atoms with Crippen LogP contribution in [0.4, 0.5) is 0 Å². The van der Waals surface area contributed by atoms with Gasteiger partial charge in [0.25, 0.3) is 0 Å². The summed E-state index contributed by atoms with van der Waals surface area (Å²) in [5, 5.41) is 0. The van der Waals surface area contributed by atoms with Gasteiger partial charge in [0.1, 0.15) is 23.0 Å². The summed E-state index contributed by atoms with van der Waals surface area (Å²) in [4.78, 5) is 20.6. The first kappa shape index (κ1) is 120. The second kappa shape index (κ2) is 61.0. The van der Waals surface area contributed by atoms with Gasteiger partial charge in [-0.25, -0.2) is 9.97 Å². The molecule has 0 radical (unpaired) electrons. The van der Waals surface area contributed by atoms with Crippen molar-refractivity contribution < 1.29 is 36.9 Å². The lowest BCUT2D eigenvalue weighted by Crippen LogP contribution is -2.50. The van der Waals surface area contributed by atoms with Crippen molar-refractivity contribution in [2.45, 2.75) is 445 Å². The van der Waals surface area contributed by atoms with E-state index in [9.17, 15) is 0 Å². The van der Waals surface area contributed by atoms with Crippen LogP contribution in [0, 0.1) is 0 Å². The molecule has 2 aliphatic heterocycles. The highest BCUT2D eigenvalue weighted by Crippen LogP contribution is 2.47. The van der Waals surface area contributed by atoms with Crippen molar-refractivity contribution in [3.63, 3.8) is 0 Å². The summed E-state index contributed by atoms with van der Waals surface area (Å²) < 4.78 is 34.3. The molecule has 12 heteroatoms. The van der Waals surface area contributed by atoms with E-state index in [2.05, 4.69) is 298 Å². The van der Waals surface area contributed by atoms with Gasteiger partial charge in [0, 0.05) is 44.3 Å². The lowest BCUT2D eigenvalue weighted by Gasteiger charge is -2.39. The van der Waals surface area contributed by atoms with Crippen LogP contribution in [0.2, 0.25) is 0 Å². The van der Waals surface area contributed by atoms with Crippen LogP contribution in [-0.2, 0) is 21.7 Å². The first-order chi connectivity index (χ1) is 69.3. The number of aromatic nitrogens is 4. The molecule has 0 saturated carbocycles. The normalized spacial score (nSPS) is 12.9. The minimum absolute atomic E-state index is 0.193. The zero-order valence-electron chi connectivity index (χ0n) is 97.3. The van der Waals surface area contributed by atoms with E-state index < -0.39 is 0 Å². The van der Waals surface area contributed by atoms with Crippen molar-refractivity contribution in [1.29, 1.82) is 0 Å². The van der Waals surface area contributed by atoms with Crippen LogP contribution >= 0.6 is 0 Å². The Balaban J connectivity index is 1.25. The number of nitrogens with one attached hydrogen (secondary N) is 2. The molecule has 12 nitrogen and oxygen atoms in total. The van der Waals surface area contributed by atoms with E-state index in [0.29, 0.717) is 26.4 Å². The van der Waals surface area contributed by atoms with Crippen molar-refractivity contribution in [2.24, 2.45) is 0 Å². The fraction of sp³-hybridized carbons (Fsp3) is 0.667. The number of ether oxygens (including phenoxy) is 4.